The van der Waals surface area contributed by atoms with E-state index in [0.29, 0.717) is 16.9 Å². The largest absolute Gasteiger partial charge is 0.315 e. The monoisotopic (exact) mass is 442 g/mol. The molecule has 1 amide bonds. The number of hydrazone groups is 1. The first-order chi connectivity index (χ1) is 14.6. The predicted octanol–water partition coefficient (Wildman–Crippen LogP) is 3.39. The molecule has 0 radical (unpaired) electrons. The molecule has 31 heavy (non-hydrogen) atoms. The van der Waals surface area contributed by atoms with Crippen molar-refractivity contribution in [2.45, 2.75) is 13.8 Å². The first-order valence-corrected chi connectivity index (χ1v) is 11.3. The number of hydrogen-bond acceptors (Lipinski definition) is 4. The van der Waals surface area contributed by atoms with Gasteiger partial charge in [0.1, 0.15) is 5.82 Å². The number of aryl methyl sites for hydroxylation is 1. The minimum Gasteiger partial charge on any atom is -0.315 e. The third-order valence-corrected chi connectivity index (χ3v) is 6.13. The van der Waals surface area contributed by atoms with E-state index in [1.165, 1.54) is 31.5 Å². The van der Waals surface area contributed by atoms with Gasteiger partial charge in [0.05, 0.1) is 23.8 Å². The number of rotatable bonds is 6. The van der Waals surface area contributed by atoms with Crippen molar-refractivity contribution in [3.05, 3.63) is 82.9 Å². The summed E-state index contributed by atoms with van der Waals surface area (Å²) >= 11 is 0. The summed E-state index contributed by atoms with van der Waals surface area (Å²) in [4.78, 5) is 12.3. The second-order valence-electron chi connectivity index (χ2n) is 7.09. The molecule has 0 spiro atoms. The van der Waals surface area contributed by atoms with Crippen LogP contribution >= 0.6 is 0 Å². The molecule has 7 nitrogen and oxygen atoms in total. The minimum absolute atomic E-state index is 0.328. The molecular formula is C22H23FN4O3S. The van der Waals surface area contributed by atoms with Crippen molar-refractivity contribution in [3.8, 4) is 5.69 Å². The van der Waals surface area contributed by atoms with Crippen molar-refractivity contribution < 1.29 is 17.6 Å². The van der Waals surface area contributed by atoms with Crippen LogP contribution in [0.15, 0.2) is 59.7 Å². The zero-order valence-electron chi connectivity index (χ0n) is 17.6. The molecule has 0 aliphatic rings. The van der Waals surface area contributed by atoms with E-state index in [9.17, 15) is 17.6 Å². The molecule has 0 atom stereocenters. The summed E-state index contributed by atoms with van der Waals surface area (Å²) in [7, 11) is -1.94. The average molecular weight is 443 g/mol. The predicted molar refractivity (Wildman–Crippen MR) is 120 cm³/mol. The van der Waals surface area contributed by atoms with E-state index in [-0.39, 0.29) is 5.82 Å². The van der Waals surface area contributed by atoms with Crippen LogP contribution in [0.1, 0.15) is 27.3 Å². The van der Waals surface area contributed by atoms with E-state index in [0.717, 1.165) is 27.5 Å². The lowest BCUT2D eigenvalue weighted by Crippen LogP contribution is -2.25. The van der Waals surface area contributed by atoms with Gasteiger partial charge in [-0.2, -0.15) is 5.10 Å². The molecule has 0 unspecified atom stereocenters. The zero-order chi connectivity index (χ0) is 22.8. The van der Waals surface area contributed by atoms with Gasteiger partial charge in [0.2, 0.25) is 10.0 Å². The Balaban J connectivity index is 1.73. The number of amides is 1. The van der Waals surface area contributed by atoms with Crippen LogP contribution in [0.4, 0.5) is 10.1 Å². The normalized spacial score (nSPS) is 11.6. The summed E-state index contributed by atoms with van der Waals surface area (Å²) in [6.07, 6.45) is 2.61. The summed E-state index contributed by atoms with van der Waals surface area (Å²) in [5.74, 6) is -0.765. The van der Waals surface area contributed by atoms with E-state index in [4.69, 9.17) is 0 Å². The highest BCUT2D eigenvalue weighted by atomic mass is 32.2. The minimum atomic E-state index is -3.38. The van der Waals surface area contributed by atoms with Gasteiger partial charge in [-0.25, -0.2) is 18.2 Å². The molecule has 2 aromatic carbocycles. The van der Waals surface area contributed by atoms with Crippen LogP contribution in [0.25, 0.3) is 5.69 Å². The Hall–Kier alpha value is -3.46. The Kier molecular flexibility index (Phi) is 6.26. The molecule has 1 heterocycles. The maximum Gasteiger partial charge on any atom is 0.271 e. The lowest BCUT2D eigenvalue weighted by atomic mass is 10.2. The number of nitrogens with zero attached hydrogens (tertiary/aromatic N) is 3. The number of anilines is 1. The zero-order valence-corrected chi connectivity index (χ0v) is 18.4. The number of sulfonamides is 1. The van der Waals surface area contributed by atoms with Crippen LogP contribution < -0.4 is 9.73 Å². The number of carbonyl (C=O) groups excluding carboxylic acids is 1. The van der Waals surface area contributed by atoms with Gasteiger partial charge in [-0.3, -0.25) is 9.10 Å². The van der Waals surface area contributed by atoms with Gasteiger partial charge in [0.15, 0.2) is 0 Å². The van der Waals surface area contributed by atoms with E-state index >= 15 is 0 Å². The highest BCUT2D eigenvalue weighted by Gasteiger charge is 2.14. The van der Waals surface area contributed by atoms with Crippen molar-refractivity contribution in [2.75, 3.05) is 17.6 Å². The number of nitrogens with one attached hydrogen (secondary N) is 1. The maximum atomic E-state index is 14.2. The molecule has 0 aliphatic carbocycles. The van der Waals surface area contributed by atoms with Crippen molar-refractivity contribution in [1.29, 1.82) is 0 Å². The summed E-state index contributed by atoms with van der Waals surface area (Å²) in [6, 6.07) is 14.5. The lowest BCUT2D eigenvalue weighted by molar-refractivity contribution is 0.0955. The molecule has 162 valence electrons. The Morgan fingerprint density at radius 3 is 2.39 bits per heavy atom. The molecule has 0 fully saturated rings. The second kappa shape index (κ2) is 8.73. The fourth-order valence-electron chi connectivity index (χ4n) is 3.16. The topological polar surface area (TPSA) is 83.8 Å². The highest BCUT2D eigenvalue weighted by molar-refractivity contribution is 7.92. The SMILES string of the molecule is Cc1cc(/C=N\NC(=O)c2ccc(N(C)S(C)(=O)=O)cc2)c(C)n1-c1ccccc1F. The Morgan fingerprint density at radius 2 is 1.77 bits per heavy atom. The van der Waals surface area contributed by atoms with Crippen LogP contribution in [-0.2, 0) is 10.0 Å². The maximum absolute atomic E-state index is 14.2. The van der Waals surface area contributed by atoms with Crippen molar-refractivity contribution in [1.82, 2.24) is 9.99 Å². The van der Waals surface area contributed by atoms with Gasteiger partial charge in [-0.1, -0.05) is 12.1 Å². The van der Waals surface area contributed by atoms with Crippen LogP contribution in [0, 0.1) is 19.7 Å². The number of hydrogen-bond donors (Lipinski definition) is 1. The average Bonchev–Trinajstić information content (AvgIpc) is 3.00. The second-order valence-corrected chi connectivity index (χ2v) is 9.10. The molecule has 9 heteroatoms. The van der Waals surface area contributed by atoms with E-state index in [1.54, 1.807) is 34.9 Å². The number of benzene rings is 2. The van der Waals surface area contributed by atoms with E-state index < -0.39 is 15.9 Å². The van der Waals surface area contributed by atoms with Crippen molar-refractivity contribution >= 4 is 27.8 Å². The number of halogens is 1. The summed E-state index contributed by atoms with van der Waals surface area (Å²) in [5.41, 5.74) is 6.04. The fraction of sp³-hybridized carbons (Fsp3) is 0.182. The number of carbonyl (C=O) groups is 1. The molecule has 0 saturated heterocycles. The third-order valence-electron chi connectivity index (χ3n) is 4.92. The van der Waals surface area contributed by atoms with Crippen molar-refractivity contribution in [2.24, 2.45) is 5.10 Å². The fourth-order valence-corrected chi connectivity index (χ4v) is 3.67. The van der Waals surface area contributed by atoms with Gasteiger partial charge in [-0.15, -0.1) is 0 Å². The Bertz CT molecular complexity index is 1250. The summed E-state index contributed by atoms with van der Waals surface area (Å²) < 4.78 is 40.3. The van der Waals surface area contributed by atoms with E-state index in [2.05, 4.69) is 10.5 Å². The Labute approximate surface area is 180 Å². The third kappa shape index (κ3) is 4.83. The number of para-hydroxylation sites is 1. The number of aromatic nitrogens is 1. The first kappa shape index (κ1) is 22.2. The van der Waals surface area contributed by atoms with Gasteiger partial charge in [-0.05, 0) is 56.3 Å². The van der Waals surface area contributed by atoms with E-state index in [1.807, 2.05) is 19.9 Å². The Morgan fingerprint density at radius 1 is 1.13 bits per heavy atom. The van der Waals surface area contributed by atoms with Crippen molar-refractivity contribution in [3.63, 3.8) is 0 Å². The van der Waals surface area contributed by atoms with Gasteiger partial charge in [0, 0.05) is 29.6 Å². The molecule has 3 aromatic rings. The van der Waals surface area contributed by atoms with Gasteiger partial charge < -0.3 is 4.57 Å². The molecule has 0 bridgehead atoms. The highest BCUT2D eigenvalue weighted by Crippen LogP contribution is 2.22. The van der Waals surface area contributed by atoms with Crippen LogP contribution in [0.5, 0.6) is 0 Å². The molecule has 1 N–H and O–H groups in total. The summed E-state index contributed by atoms with van der Waals surface area (Å²) in [5, 5.41) is 4.01. The molecule has 1 aromatic heterocycles. The van der Waals surface area contributed by atoms with Gasteiger partial charge >= 0.3 is 0 Å². The van der Waals surface area contributed by atoms with Crippen LogP contribution in [0.3, 0.4) is 0 Å². The molecular weight excluding hydrogens is 419 g/mol. The quantitative estimate of drug-likeness (QED) is 0.469. The molecule has 0 saturated carbocycles. The first-order valence-electron chi connectivity index (χ1n) is 9.41. The molecule has 3 rings (SSSR count). The van der Waals surface area contributed by atoms with Gasteiger partial charge in [0.25, 0.3) is 5.91 Å². The summed E-state index contributed by atoms with van der Waals surface area (Å²) in [6.45, 7) is 3.71. The van der Waals surface area contributed by atoms with Crippen LogP contribution in [0.2, 0.25) is 0 Å². The standard InChI is InChI=1S/C22H23FN4O3S/c1-15-13-18(16(2)27(15)21-8-6-5-7-20(21)23)14-24-25-22(28)17-9-11-19(12-10-17)26(3)31(4,29)30/h5-14H,1-4H3,(H,25,28)/b24-14-. The smallest absolute Gasteiger partial charge is 0.271 e. The molecule has 0 aliphatic heterocycles. The lowest BCUT2D eigenvalue weighted by Gasteiger charge is -2.16. The van der Waals surface area contributed by atoms with Crippen LogP contribution in [-0.4, -0.2) is 38.4 Å².